The minimum atomic E-state index is -0.364. The molecule has 2 aromatic carbocycles. The minimum Gasteiger partial charge on any atom is -0.382 e. The summed E-state index contributed by atoms with van der Waals surface area (Å²) in [6.07, 6.45) is 3.36. The Morgan fingerprint density at radius 1 is 0.679 bits per heavy atom. The second kappa shape index (κ2) is 24.5. The Labute approximate surface area is 346 Å². The molecule has 4 unspecified atom stereocenters. The topological polar surface area (TPSA) is 83.6 Å². The quantitative estimate of drug-likeness (QED) is 0.0856. The highest BCUT2D eigenvalue weighted by molar-refractivity contribution is 7.99. The van der Waals surface area contributed by atoms with Gasteiger partial charge < -0.3 is 52.6 Å². The Kier molecular flexibility index (Phi) is 20.7. The molecule has 13 heteroatoms. The minimum absolute atomic E-state index is 0.114. The first kappa shape index (κ1) is 47.2. The highest BCUT2D eigenvalue weighted by atomic mass is 35.5. The van der Waals surface area contributed by atoms with Gasteiger partial charge in [0.1, 0.15) is 18.3 Å². The van der Waals surface area contributed by atoms with Crippen molar-refractivity contribution in [3.05, 3.63) is 47.5 Å². The molecule has 2 aliphatic rings. The maximum absolute atomic E-state index is 6.57. The summed E-state index contributed by atoms with van der Waals surface area (Å²) in [6.45, 7) is 19.4. The van der Waals surface area contributed by atoms with Gasteiger partial charge >= 0.3 is 0 Å². The standard InChI is InChI=1S/C43H70ClN3O8S/c1-9-43(4,54-26-18-42(2,3)55-33-37(51-8)32-53-31-36(50-7)30-52-29-35(49-6)28-48-5)17-21-46-24-22-45(23-25-46)19-12-20-47-38-13-10-11-14-40(38)56-41-16-15-34(44)27-39(41)47/h10-11,13-16,27,35-37H,9,12,17-26,28-33H2,1-8H3. The first-order valence-electron chi connectivity index (χ1n) is 20.3. The lowest BCUT2D eigenvalue weighted by atomic mass is 9.97. The number of nitrogens with zero attached hydrogens (tertiary/aromatic N) is 3. The number of hydrogen-bond acceptors (Lipinski definition) is 12. The maximum atomic E-state index is 6.57. The fraction of sp³-hybridized carbons (Fsp3) is 0.721. The number of fused-ring (bicyclic) bond motifs is 2. The number of para-hydroxylation sites is 1. The number of hydrogen-bond donors (Lipinski definition) is 0. The molecule has 0 bridgehead atoms. The molecule has 0 aliphatic carbocycles. The lowest BCUT2D eigenvalue weighted by molar-refractivity contribution is -0.121. The van der Waals surface area contributed by atoms with Gasteiger partial charge in [-0.15, -0.1) is 0 Å². The number of ether oxygens (including phenoxy) is 8. The van der Waals surface area contributed by atoms with Crippen molar-refractivity contribution in [1.82, 2.24) is 9.80 Å². The summed E-state index contributed by atoms with van der Waals surface area (Å²) in [4.78, 5) is 10.3. The van der Waals surface area contributed by atoms with Crippen LogP contribution in [0.1, 0.15) is 53.4 Å². The van der Waals surface area contributed by atoms with Crippen LogP contribution in [0.15, 0.2) is 52.3 Å². The summed E-state index contributed by atoms with van der Waals surface area (Å²) < 4.78 is 46.2. The molecule has 1 saturated heterocycles. The van der Waals surface area contributed by atoms with Gasteiger partial charge in [-0.1, -0.05) is 42.4 Å². The van der Waals surface area contributed by atoms with Crippen LogP contribution in [0.4, 0.5) is 11.4 Å². The molecule has 2 heterocycles. The largest absolute Gasteiger partial charge is 0.382 e. The van der Waals surface area contributed by atoms with Crippen molar-refractivity contribution in [3.63, 3.8) is 0 Å². The third-order valence-corrected chi connectivity index (χ3v) is 12.4. The Balaban J connectivity index is 1.10. The van der Waals surface area contributed by atoms with Crippen LogP contribution in [0, 0.1) is 0 Å². The van der Waals surface area contributed by atoms with E-state index in [2.05, 4.69) is 78.8 Å². The van der Waals surface area contributed by atoms with Gasteiger partial charge in [0.05, 0.1) is 68.8 Å². The number of piperazine rings is 1. The van der Waals surface area contributed by atoms with Crippen molar-refractivity contribution >= 4 is 34.7 Å². The molecule has 0 saturated carbocycles. The predicted octanol–water partition coefficient (Wildman–Crippen LogP) is 7.44. The Hall–Kier alpha value is -1.52. The van der Waals surface area contributed by atoms with Gasteiger partial charge in [-0.2, -0.15) is 0 Å². The van der Waals surface area contributed by atoms with Gasteiger partial charge in [0.15, 0.2) is 0 Å². The number of anilines is 2. The van der Waals surface area contributed by atoms with Crippen LogP contribution in [-0.2, 0) is 37.9 Å². The summed E-state index contributed by atoms with van der Waals surface area (Å²) in [5, 5.41) is 0.785. The molecule has 0 spiro atoms. The Morgan fingerprint density at radius 2 is 1.27 bits per heavy atom. The molecule has 2 aromatic rings. The van der Waals surface area contributed by atoms with Crippen LogP contribution in [-0.4, -0.2) is 160 Å². The SMILES string of the molecule is CCC(C)(CCN1CCN(CCCN2c3ccccc3Sc3ccc(Cl)cc32)CC1)OCCC(C)(C)OCC(COCC(COCC(COC)OC)OC)OC. The highest BCUT2D eigenvalue weighted by Gasteiger charge is 2.29. The van der Waals surface area contributed by atoms with Crippen molar-refractivity contribution in [3.8, 4) is 0 Å². The van der Waals surface area contributed by atoms with Gasteiger partial charge in [-0.25, -0.2) is 0 Å². The highest BCUT2D eigenvalue weighted by Crippen LogP contribution is 2.48. The van der Waals surface area contributed by atoms with Gasteiger partial charge in [0.25, 0.3) is 0 Å². The summed E-state index contributed by atoms with van der Waals surface area (Å²) in [5.74, 6) is 0. The molecule has 11 nitrogen and oxygen atoms in total. The van der Waals surface area contributed by atoms with Crippen molar-refractivity contribution in [1.29, 1.82) is 0 Å². The molecule has 0 N–H and O–H groups in total. The van der Waals surface area contributed by atoms with Crippen molar-refractivity contribution in [2.75, 3.05) is 125 Å². The van der Waals surface area contributed by atoms with Crippen LogP contribution < -0.4 is 4.90 Å². The number of halogens is 1. The molecule has 0 radical (unpaired) electrons. The van der Waals surface area contributed by atoms with E-state index in [-0.39, 0.29) is 29.5 Å². The van der Waals surface area contributed by atoms with Gasteiger partial charge in [-0.3, -0.25) is 0 Å². The Bertz CT molecular complexity index is 1400. The van der Waals surface area contributed by atoms with E-state index in [4.69, 9.17) is 49.5 Å². The normalized spacial score (nSPS) is 18.0. The van der Waals surface area contributed by atoms with Gasteiger partial charge in [0, 0.05) is 82.5 Å². The first-order chi connectivity index (χ1) is 27.0. The second-order valence-electron chi connectivity index (χ2n) is 15.7. The maximum Gasteiger partial charge on any atom is 0.104 e. The number of rotatable bonds is 28. The second-order valence-corrected chi connectivity index (χ2v) is 17.2. The van der Waals surface area contributed by atoms with E-state index < -0.39 is 0 Å². The van der Waals surface area contributed by atoms with E-state index in [9.17, 15) is 0 Å². The molecular weight excluding hydrogens is 754 g/mol. The smallest absolute Gasteiger partial charge is 0.104 e. The third kappa shape index (κ3) is 15.6. The van der Waals surface area contributed by atoms with Crippen LogP contribution in [0.5, 0.6) is 0 Å². The molecule has 0 amide bonds. The lowest BCUT2D eigenvalue weighted by Crippen LogP contribution is -2.48. The van der Waals surface area contributed by atoms with E-state index in [0.717, 1.165) is 76.5 Å². The molecule has 4 atom stereocenters. The summed E-state index contributed by atoms with van der Waals surface area (Å²) in [6, 6.07) is 14.9. The van der Waals surface area contributed by atoms with Crippen molar-refractivity contribution in [2.24, 2.45) is 0 Å². The monoisotopic (exact) mass is 823 g/mol. The molecule has 4 rings (SSSR count). The zero-order valence-corrected chi connectivity index (χ0v) is 37.0. The fourth-order valence-corrected chi connectivity index (χ4v) is 8.05. The van der Waals surface area contributed by atoms with Crippen molar-refractivity contribution < 1.29 is 37.9 Å². The predicted molar refractivity (Wildman–Crippen MR) is 226 cm³/mol. The van der Waals surface area contributed by atoms with E-state index in [0.29, 0.717) is 46.2 Å². The van der Waals surface area contributed by atoms with E-state index in [1.165, 1.54) is 21.2 Å². The third-order valence-electron chi connectivity index (χ3n) is 11.0. The van der Waals surface area contributed by atoms with Crippen LogP contribution in [0.3, 0.4) is 0 Å². The van der Waals surface area contributed by atoms with Crippen LogP contribution in [0.25, 0.3) is 0 Å². The van der Waals surface area contributed by atoms with Crippen LogP contribution in [0.2, 0.25) is 5.02 Å². The molecule has 0 aromatic heterocycles. The van der Waals surface area contributed by atoms with E-state index in [1.54, 1.807) is 28.4 Å². The average Bonchev–Trinajstić information content (AvgIpc) is 3.20. The zero-order valence-electron chi connectivity index (χ0n) is 35.4. The van der Waals surface area contributed by atoms with E-state index >= 15 is 0 Å². The molecule has 1 fully saturated rings. The number of methoxy groups -OCH3 is 4. The Morgan fingerprint density at radius 3 is 1.89 bits per heavy atom. The van der Waals surface area contributed by atoms with Crippen molar-refractivity contribution in [2.45, 2.75) is 92.7 Å². The number of benzene rings is 2. The summed E-state index contributed by atoms with van der Waals surface area (Å²) in [5.41, 5.74) is 1.96. The average molecular weight is 825 g/mol. The molecular formula is C43H70ClN3O8S. The molecule has 318 valence electrons. The van der Waals surface area contributed by atoms with E-state index in [1.807, 2.05) is 17.8 Å². The fourth-order valence-electron chi connectivity index (χ4n) is 6.81. The summed E-state index contributed by atoms with van der Waals surface area (Å²) >= 11 is 8.27. The lowest BCUT2D eigenvalue weighted by Gasteiger charge is -2.38. The molecule has 56 heavy (non-hydrogen) atoms. The van der Waals surface area contributed by atoms with Crippen LogP contribution >= 0.6 is 23.4 Å². The zero-order chi connectivity index (χ0) is 40.4. The van der Waals surface area contributed by atoms with Gasteiger partial charge in [-0.05, 0) is 83.3 Å². The summed E-state index contributed by atoms with van der Waals surface area (Å²) in [7, 11) is 6.63. The molecule has 2 aliphatic heterocycles. The first-order valence-corrected chi connectivity index (χ1v) is 21.5. The van der Waals surface area contributed by atoms with Gasteiger partial charge in [0.2, 0.25) is 0 Å².